The molecule has 0 radical (unpaired) electrons. The van der Waals surface area contributed by atoms with Gasteiger partial charge in [-0.1, -0.05) is 30.3 Å². The summed E-state index contributed by atoms with van der Waals surface area (Å²) in [6, 6.07) is 13.4. The van der Waals surface area contributed by atoms with Crippen LogP contribution in [0.15, 0.2) is 47.1 Å². The van der Waals surface area contributed by atoms with E-state index in [0.29, 0.717) is 0 Å². The topological polar surface area (TPSA) is 42.0 Å². The molecule has 0 bridgehead atoms. The molecule has 0 fully saturated rings. The van der Waals surface area contributed by atoms with Crippen molar-refractivity contribution in [1.29, 1.82) is 0 Å². The first-order valence-electron chi connectivity index (χ1n) is 6.07. The molecule has 1 N–H and O–H groups in total. The van der Waals surface area contributed by atoms with Gasteiger partial charge in [-0.05, 0) is 47.5 Å². The second-order valence-corrected chi connectivity index (χ2v) is 5.20. The molecule has 0 aliphatic heterocycles. The van der Waals surface area contributed by atoms with Crippen LogP contribution in [-0.4, -0.2) is 10.9 Å². The summed E-state index contributed by atoms with van der Waals surface area (Å²) in [5.74, 6) is -0.220. The quantitative estimate of drug-likeness (QED) is 0.872. The summed E-state index contributed by atoms with van der Waals surface area (Å²) >= 11 is 3.30. The predicted octanol–water partition coefficient (Wildman–Crippen LogP) is 3.89. The molecule has 4 heteroatoms. The highest BCUT2D eigenvalue weighted by atomic mass is 79.9. The molecule has 1 unspecified atom stereocenters. The molecule has 1 amide bonds. The lowest BCUT2D eigenvalue weighted by Gasteiger charge is -2.13. The van der Waals surface area contributed by atoms with Crippen molar-refractivity contribution in [1.82, 2.24) is 4.98 Å². The van der Waals surface area contributed by atoms with Gasteiger partial charge in [0.2, 0.25) is 5.91 Å². The van der Waals surface area contributed by atoms with E-state index >= 15 is 0 Å². The Hall–Kier alpha value is -1.68. The minimum Gasteiger partial charge on any atom is -0.324 e. The van der Waals surface area contributed by atoms with Crippen molar-refractivity contribution in [3.8, 4) is 0 Å². The maximum atomic E-state index is 12.2. The Morgan fingerprint density at radius 2 is 1.89 bits per heavy atom. The number of halogens is 1. The molecule has 0 saturated heterocycles. The van der Waals surface area contributed by atoms with Gasteiger partial charge in [-0.3, -0.25) is 4.79 Å². The van der Waals surface area contributed by atoms with E-state index in [9.17, 15) is 4.79 Å². The molecule has 1 heterocycles. The first kappa shape index (κ1) is 13.7. The van der Waals surface area contributed by atoms with E-state index in [1.165, 1.54) is 0 Å². The highest BCUT2D eigenvalue weighted by Crippen LogP contribution is 2.20. The molecule has 2 rings (SSSR count). The van der Waals surface area contributed by atoms with Crippen LogP contribution in [0.25, 0.3) is 0 Å². The van der Waals surface area contributed by atoms with Crippen molar-refractivity contribution in [2.24, 2.45) is 0 Å². The number of anilines is 1. The van der Waals surface area contributed by atoms with Crippen molar-refractivity contribution in [3.05, 3.63) is 58.3 Å². The number of hydrogen-bond donors (Lipinski definition) is 1. The first-order valence-corrected chi connectivity index (χ1v) is 6.86. The number of aromatic nitrogens is 1. The van der Waals surface area contributed by atoms with Crippen LogP contribution in [0.3, 0.4) is 0 Å². The SMILES string of the molecule is Cc1nc(Br)ccc1NC(=O)C(C)c1ccccc1. The Morgan fingerprint density at radius 3 is 2.53 bits per heavy atom. The van der Waals surface area contributed by atoms with E-state index in [2.05, 4.69) is 26.2 Å². The number of carbonyl (C=O) groups is 1. The van der Waals surface area contributed by atoms with Crippen molar-refractivity contribution in [3.63, 3.8) is 0 Å². The van der Waals surface area contributed by atoms with E-state index in [4.69, 9.17) is 0 Å². The van der Waals surface area contributed by atoms with Crippen LogP contribution < -0.4 is 5.32 Å². The zero-order valence-corrected chi connectivity index (χ0v) is 12.4. The maximum Gasteiger partial charge on any atom is 0.231 e. The number of carbonyl (C=O) groups excluding carboxylic acids is 1. The number of benzene rings is 1. The summed E-state index contributed by atoms with van der Waals surface area (Å²) in [4.78, 5) is 16.5. The number of nitrogens with one attached hydrogen (secondary N) is 1. The zero-order valence-electron chi connectivity index (χ0n) is 10.9. The molecule has 0 aliphatic carbocycles. The smallest absolute Gasteiger partial charge is 0.231 e. The van der Waals surface area contributed by atoms with Gasteiger partial charge in [0.05, 0.1) is 17.3 Å². The molecule has 19 heavy (non-hydrogen) atoms. The monoisotopic (exact) mass is 318 g/mol. The summed E-state index contributed by atoms with van der Waals surface area (Å²) in [5.41, 5.74) is 2.54. The third-order valence-corrected chi connectivity index (χ3v) is 3.44. The van der Waals surface area contributed by atoms with E-state index in [-0.39, 0.29) is 11.8 Å². The lowest BCUT2D eigenvalue weighted by molar-refractivity contribution is -0.117. The molecule has 1 aromatic heterocycles. The molecule has 0 saturated carbocycles. The van der Waals surface area contributed by atoms with Crippen LogP contribution in [0.5, 0.6) is 0 Å². The van der Waals surface area contributed by atoms with Gasteiger partial charge in [0.15, 0.2) is 0 Å². The lowest BCUT2D eigenvalue weighted by atomic mass is 10.0. The van der Waals surface area contributed by atoms with Gasteiger partial charge in [-0.15, -0.1) is 0 Å². The number of rotatable bonds is 3. The van der Waals surface area contributed by atoms with Crippen LogP contribution in [0, 0.1) is 6.92 Å². The number of aryl methyl sites for hydroxylation is 1. The van der Waals surface area contributed by atoms with Gasteiger partial charge >= 0.3 is 0 Å². The van der Waals surface area contributed by atoms with Gasteiger partial charge in [-0.25, -0.2) is 4.98 Å². The molecule has 0 spiro atoms. The van der Waals surface area contributed by atoms with Crippen LogP contribution in [0.4, 0.5) is 5.69 Å². The number of amides is 1. The maximum absolute atomic E-state index is 12.2. The summed E-state index contributed by atoms with van der Waals surface area (Å²) in [5, 5.41) is 2.91. The van der Waals surface area contributed by atoms with Gasteiger partial charge < -0.3 is 5.32 Å². The molecule has 1 aromatic carbocycles. The van der Waals surface area contributed by atoms with Crippen LogP contribution in [-0.2, 0) is 4.79 Å². The fourth-order valence-corrected chi connectivity index (χ4v) is 2.19. The van der Waals surface area contributed by atoms with E-state index in [1.54, 1.807) is 0 Å². The summed E-state index contributed by atoms with van der Waals surface area (Å²) in [6.45, 7) is 3.76. The lowest BCUT2D eigenvalue weighted by Crippen LogP contribution is -2.19. The van der Waals surface area contributed by atoms with Gasteiger partial charge in [0, 0.05) is 0 Å². The average molecular weight is 319 g/mol. The second kappa shape index (κ2) is 5.97. The molecule has 3 nitrogen and oxygen atoms in total. The summed E-state index contributed by atoms with van der Waals surface area (Å²) in [6.07, 6.45) is 0. The normalized spacial score (nSPS) is 11.9. The van der Waals surface area contributed by atoms with Crippen molar-refractivity contribution in [2.75, 3.05) is 5.32 Å². The van der Waals surface area contributed by atoms with E-state index < -0.39 is 0 Å². The van der Waals surface area contributed by atoms with Crippen molar-refractivity contribution in [2.45, 2.75) is 19.8 Å². The number of nitrogens with zero attached hydrogens (tertiary/aromatic N) is 1. The molecular weight excluding hydrogens is 304 g/mol. The number of pyridine rings is 1. The third-order valence-electron chi connectivity index (χ3n) is 3.00. The molecule has 98 valence electrons. The predicted molar refractivity (Wildman–Crippen MR) is 80.2 cm³/mol. The fourth-order valence-electron chi connectivity index (χ4n) is 1.80. The highest BCUT2D eigenvalue weighted by Gasteiger charge is 2.15. The van der Waals surface area contributed by atoms with Crippen LogP contribution >= 0.6 is 15.9 Å². The first-order chi connectivity index (χ1) is 9.08. The summed E-state index contributed by atoms with van der Waals surface area (Å²) < 4.78 is 0.763. The Balaban J connectivity index is 2.13. The Morgan fingerprint density at radius 1 is 1.21 bits per heavy atom. The Bertz CT molecular complexity index is 584. The van der Waals surface area contributed by atoms with Gasteiger partial charge in [0.25, 0.3) is 0 Å². The van der Waals surface area contributed by atoms with E-state index in [1.807, 2.05) is 56.3 Å². The average Bonchev–Trinajstić information content (AvgIpc) is 2.42. The summed E-state index contributed by atoms with van der Waals surface area (Å²) in [7, 11) is 0. The van der Waals surface area contributed by atoms with E-state index in [0.717, 1.165) is 21.5 Å². The van der Waals surface area contributed by atoms with Crippen molar-refractivity contribution >= 4 is 27.5 Å². The minimum atomic E-state index is -0.191. The third kappa shape index (κ3) is 3.41. The Labute approximate surface area is 121 Å². The van der Waals surface area contributed by atoms with Gasteiger partial charge in [-0.2, -0.15) is 0 Å². The molecule has 0 aliphatic rings. The van der Waals surface area contributed by atoms with Crippen LogP contribution in [0.1, 0.15) is 24.1 Å². The van der Waals surface area contributed by atoms with Crippen LogP contribution in [0.2, 0.25) is 0 Å². The molecule has 2 aromatic rings. The number of hydrogen-bond acceptors (Lipinski definition) is 2. The zero-order chi connectivity index (χ0) is 13.8. The Kier molecular flexibility index (Phi) is 4.32. The van der Waals surface area contributed by atoms with Crippen molar-refractivity contribution < 1.29 is 4.79 Å². The minimum absolute atomic E-state index is 0.0292. The highest BCUT2D eigenvalue weighted by molar-refractivity contribution is 9.10. The molecular formula is C15H15BrN2O. The largest absolute Gasteiger partial charge is 0.324 e. The second-order valence-electron chi connectivity index (χ2n) is 4.39. The standard InChI is InChI=1S/C15H15BrN2O/c1-10(12-6-4-3-5-7-12)15(19)18-13-8-9-14(16)17-11(13)2/h3-10H,1-2H3,(H,18,19). The fraction of sp³-hybridized carbons (Fsp3) is 0.200. The molecule has 1 atom stereocenters. The van der Waals surface area contributed by atoms with Gasteiger partial charge in [0.1, 0.15) is 4.60 Å².